The number of hydrogen-bond acceptors (Lipinski definition) is 3. The Morgan fingerprint density at radius 3 is 2.88 bits per heavy atom. The van der Waals surface area contributed by atoms with Crippen LogP contribution in [0.5, 0.6) is 0 Å². The summed E-state index contributed by atoms with van der Waals surface area (Å²) in [6.07, 6.45) is 6.02. The number of carbonyl (C=O) groups is 1. The number of nitrogens with zero attached hydrogens (tertiary/aromatic N) is 4. The van der Waals surface area contributed by atoms with Crippen LogP contribution in [-0.4, -0.2) is 38.2 Å². The fourth-order valence-corrected chi connectivity index (χ4v) is 3.58. The number of likely N-dealkylation sites (tertiary alicyclic amines) is 1. The molecule has 5 heteroatoms. The first-order valence-corrected chi connectivity index (χ1v) is 8.85. The van der Waals surface area contributed by atoms with Gasteiger partial charge in [-0.1, -0.05) is 0 Å². The van der Waals surface area contributed by atoms with E-state index in [4.69, 9.17) is 0 Å². The van der Waals surface area contributed by atoms with E-state index in [9.17, 15) is 4.79 Å². The predicted octanol–water partition coefficient (Wildman–Crippen LogP) is 3.15. The number of rotatable bonds is 5. The van der Waals surface area contributed by atoms with E-state index in [2.05, 4.69) is 22.2 Å². The minimum absolute atomic E-state index is 0.0821. The van der Waals surface area contributed by atoms with E-state index in [1.165, 1.54) is 5.56 Å². The van der Waals surface area contributed by atoms with Crippen LogP contribution in [-0.2, 0) is 13.0 Å². The Morgan fingerprint density at radius 1 is 1.33 bits per heavy atom. The fourth-order valence-electron chi connectivity index (χ4n) is 3.58. The van der Waals surface area contributed by atoms with E-state index < -0.39 is 0 Å². The predicted molar refractivity (Wildman–Crippen MR) is 94.0 cm³/mol. The molecule has 0 aromatic carbocycles. The Morgan fingerprint density at radius 2 is 2.17 bits per heavy atom. The minimum Gasteiger partial charge on any atom is -0.334 e. The molecule has 0 bridgehead atoms. The highest BCUT2D eigenvalue weighted by Crippen LogP contribution is 2.24. The van der Waals surface area contributed by atoms with Crippen LogP contribution in [0.4, 0.5) is 0 Å². The van der Waals surface area contributed by atoms with Gasteiger partial charge in [-0.15, -0.1) is 0 Å². The van der Waals surface area contributed by atoms with Gasteiger partial charge in [-0.25, -0.2) is 0 Å². The maximum absolute atomic E-state index is 12.8. The summed E-state index contributed by atoms with van der Waals surface area (Å²) in [7, 11) is 0. The molecule has 0 aliphatic carbocycles. The molecule has 0 unspecified atom stereocenters. The normalized spacial score (nSPS) is 17.5. The highest BCUT2D eigenvalue weighted by molar-refractivity contribution is 5.92. The number of aromatic nitrogens is 3. The van der Waals surface area contributed by atoms with Crippen molar-refractivity contribution in [2.75, 3.05) is 6.54 Å². The second-order valence-corrected chi connectivity index (χ2v) is 6.63. The quantitative estimate of drug-likeness (QED) is 0.848. The van der Waals surface area contributed by atoms with Crippen LogP contribution in [0.15, 0.2) is 24.4 Å². The van der Waals surface area contributed by atoms with Crippen LogP contribution < -0.4 is 0 Å². The molecular formula is C19H26N4O. The van der Waals surface area contributed by atoms with Crippen molar-refractivity contribution in [2.24, 2.45) is 0 Å². The maximum Gasteiger partial charge on any atom is 0.274 e. The van der Waals surface area contributed by atoms with E-state index in [0.29, 0.717) is 11.7 Å². The Labute approximate surface area is 143 Å². The zero-order valence-corrected chi connectivity index (χ0v) is 14.8. The van der Waals surface area contributed by atoms with E-state index in [1.54, 1.807) is 0 Å². The molecule has 1 atom stereocenters. The highest BCUT2D eigenvalue weighted by Gasteiger charge is 2.30. The zero-order chi connectivity index (χ0) is 17.1. The molecule has 3 rings (SSSR count). The second-order valence-electron chi connectivity index (χ2n) is 6.63. The molecule has 3 heterocycles. The third-order valence-corrected chi connectivity index (χ3v) is 4.87. The topological polar surface area (TPSA) is 51.0 Å². The van der Waals surface area contributed by atoms with Crippen molar-refractivity contribution in [3.63, 3.8) is 0 Å². The summed E-state index contributed by atoms with van der Waals surface area (Å²) >= 11 is 0. The number of pyridine rings is 1. The van der Waals surface area contributed by atoms with Gasteiger partial charge in [0, 0.05) is 36.7 Å². The third kappa shape index (κ3) is 3.50. The van der Waals surface area contributed by atoms with Gasteiger partial charge in [0.15, 0.2) is 5.69 Å². The fraction of sp³-hybridized carbons (Fsp3) is 0.526. The van der Waals surface area contributed by atoms with Gasteiger partial charge >= 0.3 is 0 Å². The second kappa shape index (κ2) is 7.16. The average molecular weight is 326 g/mol. The van der Waals surface area contributed by atoms with E-state index in [0.717, 1.165) is 50.2 Å². The lowest BCUT2D eigenvalue weighted by atomic mass is 10.0. The molecule has 2 aromatic heterocycles. The first-order chi connectivity index (χ1) is 11.6. The molecule has 1 fully saturated rings. The Kier molecular flexibility index (Phi) is 4.97. The lowest BCUT2D eigenvalue weighted by Gasteiger charge is -2.24. The van der Waals surface area contributed by atoms with E-state index in [-0.39, 0.29) is 5.91 Å². The van der Waals surface area contributed by atoms with Crippen molar-refractivity contribution in [3.05, 3.63) is 47.0 Å². The van der Waals surface area contributed by atoms with Gasteiger partial charge in [-0.2, -0.15) is 5.10 Å². The summed E-state index contributed by atoms with van der Waals surface area (Å²) in [6, 6.07) is 6.43. The van der Waals surface area contributed by atoms with Crippen LogP contribution in [0.25, 0.3) is 0 Å². The summed E-state index contributed by atoms with van der Waals surface area (Å²) in [6.45, 7) is 7.70. The first-order valence-electron chi connectivity index (χ1n) is 8.85. The van der Waals surface area contributed by atoms with Gasteiger partial charge in [-0.05, 0) is 70.2 Å². The maximum atomic E-state index is 12.8. The molecule has 1 amide bonds. The van der Waals surface area contributed by atoms with Crippen LogP contribution >= 0.6 is 0 Å². The molecule has 0 spiro atoms. The summed E-state index contributed by atoms with van der Waals surface area (Å²) in [4.78, 5) is 19.1. The van der Waals surface area contributed by atoms with Crippen molar-refractivity contribution in [3.8, 4) is 0 Å². The molecule has 0 N–H and O–H groups in total. The number of hydrogen-bond donors (Lipinski definition) is 0. The molecule has 1 aliphatic rings. The molecule has 128 valence electrons. The molecule has 5 nitrogen and oxygen atoms in total. The van der Waals surface area contributed by atoms with Gasteiger partial charge in [0.1, 0.15) is 0 Å². The molecule has 0 saturated carbocycles. The number of carbonyl (C=O) groups excluding carboxylic acids is 1. The Bertz CT molecular complexity index is 722. The largest absolute Gasteiger partial charge is 0.334 e. The van der Waals surface area contributed by atoms with E-state index in [1.807, 2.05) is 42.6 Å². The van der Waals surface area contributed by atoms with Crippen LogP contribution in [0, 0.1) is 13.8 Å². The lowest BCUT2D eigenvalue weighted by molar-refractivity contribution is 0.0723. The van der Waals surface area contributed by atoms with Crippen LogP contribution in [0.3, 0.4) is 0 Å². The molecular weight excluding hydrogens is 300 g/mol. The molecule has 0 radical (unpaired) electrons. The van der Waals surface area contributed by atoms with Gasteiger partial charge in [-0.3, -0.25) is 14.5 Å². The summed E-state index contributed by atoms with van der Waals surface area (Å²) in [5.74, 6) is 0.0821. The van der Waals surface area contributed by atoms with Gasteiger partial charge in [0.05, 0.1) is 0 Å². The number of aryl methyl sites for hydroxylation is 4. The van der Waals surface area contributed by atoms with Crippen molar-refractivity contribution in [2.45, 2.75) is 59.0 Å². The van der Waals surface area contributed by atoms with Crippen LogP contribution in [0.2, 0.25) is 0 Å². The zero-order valence-electron chi connectivity index (χ0n) is 14.8. The first kappa shape index (κ1) is 16.7. The van der Waals surface area contributed by atoms with Gasteiger partial charge in [0.2, 0.25) is 0 Å². The average Bonchev–Trinajstić information content (AvgIpc) is 3.18. The van der Waals surface area contributed by atoms with Gasteiger partial charge < -0.3 is 4.90 Å². The van der Waals surface area contributed by atoms with Crippen molar-refractivity contribution in [1.82, 2.24) is 19.7 Å². The van der Waals surface area contributed by atoms with Crippen molar-refractivity contribution < 1.29 is 4.79 Å². The molecule has 1 aliphatic heterocycles. The Hall–Kier alpha value is -2.17. The van der Waals surface area contributed by atoms with Gasteiger partial charge in [0.25, 0.3) is 5.91 Å². The minimum atomic E-state index is 0.0821. The summed E-state index contributed by atoms with van der Waals surface area (Å²) in [5, 5.41) is 4.45. The lowest BCUT2D eigenvalue weighted by Crippen LogP contribution is -2.36. The van der Waals surface area contributed by atoms with Crippen molar-refractivity contribution >= 4 is 5.91 Å². The molecule has 1 saturated heterocycles. The number of amides is 1. The van der Waals surface area contributed by atoms with E-state index >= 15 is 0 Å². The third-order valence-electron chi connectivity index (χ3n) is 4.87. The SMILES string of the molecule is CCn1nc(C(=O)N2CCC[C@H]2CCc2ccnc(C)c2)cc1C. The summed E-state index contributed by atoms with van der Waals surface area (Å²) in [5.41, 5.74) is 3.98. The smallest absolute Gasteiger partial charge is 0.274 e. The summed E-state index contributed by atoms with van der Waals surface area (Å²) < 4.78 is 1.89. The Balaban J connectivity index is 1.67. The highest BCUT2D eigenvalue weighted by atomic mass is 16.2. The molecule has 24 heavy (non-hydrogen) atoms. The van der Waals surface area contributed by atoms with Crippen LogP contribution in [0.1, 0.15) is 53.6 Å². The monoisotopic (exact) mass is 326 g/mol. The standard InChI is InChI=1S/C19H26N4O/c1-4-23-15(3)13-18(21-23)19(24)22-11-5-6-17(22)8-7-16-9-10-20-14(2)12-16/h9-10,12-13,17H,4-8,11H2,1-3H3/t17-/m0/s1. The van der Waals surface area contributed by atoms with Crippen molar-refractivity contribution in [1.29, 1.82) is 0 Å². The molecule has 2 aromatic rings.